The summed E-state index contributed by atoms with van der Waals surface area (Å²) in [6.07, 6.45) is 6.27. The van der Waals surface area contributed by atoms with Crippen LogP contribution in [0.1, 0.15) is 36.9 Å². The third kappa shape index (κ3) is 5.26. The van der Waals surface area contributed by atoms with Crippen molar-refractivity contribution in [3.63, 3.8) is 0 Å². The van der Waals surface area contributed by atoms with Crippen molar-refractivity contribution in [3.8, 4) is 17.0 Å². The Morgan fingerprint density at radius 3 is 2.64 bits per heavy atom. The molecule has 12 heteroatoms. The molecular formula is C32H30FN7O4. The second-order valence-electron chi connectivity index (χ2n) is 11.0. The number of aliphatic hydroxyl groups is 1. The van der Waals surface area contributed by atoms with Crippen molar-refractivity contribution < 1.29 is 25.2 Å². The van der Waals surface area contributed by atoms with Crippen molar-refractivity contribution in [1.82, 2.24) is 25.3 Å². The van der Waals surface area contributed by atoms with E-state index in [2.05, 4.69) is 30.6 Å². The summed E-state index contributed by atoms with van der Waals surface area (Å²) in [7, 11) is 0. The summed E-state index contributed by atoms with van der Waals surface area (Å²) < 4.78 is 19.6. The van der Waals surface area contributed by atoms with E-state index in [1.807, 2.05) is 6.07 Å². The highest BCUT2D eigenvalue weighted by atomic mass is 19.1. The van der Waals surface area contributed by atoms with Crippen molar-refractivity contribution >= 4 is 34.1 Å². The Morgan fingerprint density at radius 2 is 1.91 bits per heavy atom. The predicted octanol–water partition coefficient (Wildman–Crippen LogP) is 3.99. The quantitative estimate of drug-likeness (QED) is 0.208. The standard InChI is InChI=1S/C32H28FN7O4.H2/c1-31(30(34)42)16-44-28-23(31)12-25(40-27(28)18-5-7-21(33)8-6-18)32(2,43)15-38-29(41)20-10-19-4-3-9-37-26(19)24(11-20)39-22-13-35-17-36-14-22;/h3-14,17,39,43H,15-16H2,1-2H3,(H2,34,42)(H,38,41);1H/t31-,32-;/m0./s1. The van der Waals surface area contributed by atoms with Gasteiger partial charge in [-0.1, -0.05) is 6.07 Å². The first kappa shape index (κ1) is 28.6. The lowest BCUT2D eigenvalue weighted by Gasteiger charge is -2.26. The van der Waals surface area contributed by atoms with Gasteiger partial charge >= 0.3 is 0 Å². The smallest absolute Gasteiger partial charge is 0.251 e. The van der Waals surface area contributed by atoms with Crippen LogP contribution in [0.2, 0.25) is 0 Å². The van der Waals surface area contributed by atoms with Crippen LogP contribution in [0, 0.1) is 5.82 Å². The molecule has 2 amide bonds. The maximum atomic E-state index is 13.7. The van der Waals surface area contributed by atoms with Crippen LogP contribution in [-0.4, -0.2) is 50.0 Å². The number of aromatic nitrogens is 4. The number of carbonyl (C=O) groups is 2. The lowest BCUT2D eigenvalue weighted by molar-refractivity contribution is -0.123. The van der Waals surface area contributed by atoms with Crippen molar-refractivity contribution in [1.29, 1.82) is 0 Å². The third-order valence-corrected chi connectivity index (χ3v) is 7.69. The van der Waals surface area contributed by atoms with E-state index in [1.54, 1.807) is 49.8 Å². The molecule has 0 fully saturated rings. The molecule has 5 aromatic rings. The van der Waals surface area contributed by atoms with Crippen molar-refractivity contribution in [2.75, 3.05) is 18.5 Å². The maximum absolute atomic E-state index is 13.7. The fourth-order valence-corrected chi connectivity index (χ4v) is 5.05. The van der Waals surface area contributed by atoms with Gasteiger partial charge in [0.15, 0.2) is 0 Å². The number of nitrogens with zero attached hydrogens (tertiary/aromatic N) is 4. The van der Waals surface area contributed by atoms with Crippen LogP contribution in [0.25, 0.3) is 22.2 Å². The van der Waals surface area contributed by atoms with Gasteiger partial charge in [0, 0.05) is 29.7 Å². The molecule has 0 unspecified atom stereocenters. The van der Waals surface area contributed by atoms with E-state index in [1.165, 1.54) is 37.5 Å². The average molecular weight is 596 g/mol. The maximum Gasteiger partial charge on any atom is 0.251 e. The molecule has 5 N–H and O–H groups in total. The molecule has 44 heavy (non-hydrogen) atoms. The molecule has 2 aromatic carbocycles. The largest absolute Gasteiger partial charge is 0.489 e. The van der Waals surface area contributed by atoms with E-state index in [0.29, 0.717) is 45.0 Å². The molecule has 3 aromatic heterocycles. The van der Waals surface area contributed by atoms with E-state index < -0.39 is 28.6 Å². The van der Waals surface area contributed by atoms with Gasteiger partial charge in [-0.2, -0.15) is 0 Å². The van der Waals surface area contributed by atoms with Crippen LogP contribution in [-0.2, 0) is 15.8 Å². The molecule has 0 saturated carbocycles. The number of halogens is 1. The van der Waals surface area contributed by atoms with Gasteiger partial charge in [0.05, 0.1) is 41.5 Å². The number of amides is 2. The molecule has 0 aliphatic carbocycles. The number of primary amides is 1. The monoisotopic (exact) mass is 595 g/mol. The van der Waals surface area contributed by atoms with Crippen LogP contribution in [0.4, 0.5) is 15.8 Å². The second-order valence-corrected chi connectivity index (χ2v) is 11.0. The van der Waals surface area contributed by atoms with E-state index >= 15 is 0 Å². The average Bonchev–Trinajstić information content (AvgIpc) is 3.38. The first-order valence-electron chi connectivity index (χ1n) is 13.7. The predicted molar refractivity (Wildman–Crippen MR) is 163 cm³/mol. The summed E-state index contributed by atoms with van der Waals surface area (Å²) in [4.78, 5) is 43.1. The number of carbonyl (C=O) groups excluding carboxylic acids is 2. The molecule has 1 aliphatic rings. The molecule has 0 bridgehead atoms. The molecule has 224 valence electrons. The minimum Gasteiger partial charge on any atom is -0.489 e. The van der Waals surface area contributed by atoms with E-state index in [9.17, 15) is 19.1 Å². The van der Waals surface area contributed by atoms with Crippen LogP contribution in [0.5, 0.6) is 5.75 Å². The molecule has 0 radical (unpaired) electrons. The zero-order chi connectivity index (χ0) is 31.1. The van der Waals surface area contributed by atoms with Crippen LogP contribution in [0.3, 0.4) is 0 Å². The number of anilines is 2. The fourth-order valence-electron chi connectivity index (χ4n) is 5.05. The highest BCUT2D eigenvalue weighted by molar-refractivity contribution is 6.02. The first-order valence-corrected chi connectivity index (χ1v) is 13.7. The number of hydrogen-bond donors (Lipinski definition) is 4. The Morgan fingerprint density at radius 1 is 1.16 bits per heavy atom. The summed E-state index contributed by atoms with van der Waals surface area (Å²) in [5, 5.41) is 18.4. The van der Waals surface area contributed by atoms with Crippen molar-refractivity contribution in [3.05, 3.63) is 102 Å². The summed E-state index contributed by atoms with van der Waals surface area (Å²) in [5.74, 6) is -1.16. The Hall–Kier alpha value is -5.49. The summed E-state index contributed by atoms with van der Waals surface area (Å²) >= 11 is 0. The zero-order valence-corrected chi connectivity index (χ0v) is 23.8. The molecule has 2 atom stereocenters. The number of nitrogens with one attached hydrogen (secondary N) is 2. The van der Waals surface area contributed by atoms with Crippen LogP contribution < -0.4 is 21.1 Å². The SMILES string of the molecule is C[C@](O)(CNC(=O)c1cc(Nc2cncnc2)c2ncccc2c1)c1cc2c(c(-c3ccc(F)cc3)n1)OC[C@]2(C)C(N)=O.[HH]. The fraction of sp³-hybridized carbons (Fsp3) is 0.188. The van der Waals surface area contributed by atoms with Gasteiger partial charge in [-0.05, 0) is 62.4 Å². The molecule has 6 rings (SSSR count). The molecule has 0 saturated heterocycles. The Bertz CT molecular complexity index is 1910. The topological polar surface area (TPSA) is 165 Å². The second kappa shape index (κ2) is 11.0. The first-order chi connectivity index (χ1) is 21.0. The van der Waals surface area contributed by atoms with Gasteiger partial charge in [-0.25, -0.2) is 19.3 Å². The number of hydrogen-bond acceptors (Lipinski definition) is 9. The third-order valence-electron chi connectivity index (χ3n) is 7.69. The Balaban J connectivity index is 0.00000400. The highest BCUT2D eigenvalue weighted by Crippen LogP contribution is 2.45. The highest BCUT2D eigenvalue weighted by Gasteiger charge is 2.45. The lowest BCUT2D eigenvalue weighted by Crippen LogP contribution is -2.41. The molecule has 1 aliphatic heterocycles. The molecule has 11 nitrogen and oxygen atoms in total. The summed E-state index contributed by atoms with van der Waals surface area (Å²) in [6, 6.07) is 14.2. The molecule has 4 heterocycles. The number of ether oxygens (including phenoxy) is 1. The summed E-state index contributed by atoms with van der Waals surface area (Å²) in [6.45, 7) is 2.91. The van der Waals surface area contributed by atoms with Gasteiger partial charge in [-0.15, -0.1) is 0 Å². The van der Waals surface area contributed by atoms with Gasteiger partial charge in [0.25, 0.3) is 5.91 Å². The van der Waals surface area contributed by atoms with E-state index in [0.717, 1.165) is 5.39 Å². The van der Waals surface area contributed by atoms with Crippen molar-refractivity contribution in [2.45, 2.75) is 24.9 Å². The number of rotatable bonds is 8. The number of fused-ring (bicyclic) bond motifs is 2. The number of benzene rings is 2. The van der Waals surface area contributed by atoms with Gasteiger partial charge in [-0.3, -0.25) is 14.6 Å². The summed E-state index contributed by atoms with van der Waals surface area (Å²) in [5.41, 5.74) is 6.49. The van der Waals surface area contributed by atoms with E-state index in [4.69, 9.17) is 10.5 Å². The lowest BCUT2D eigenvalue weighted by atomic mass is 9.82. The number of pyridine rings is 2. The minimum atomic E-state index is -1.69. The molecular weight excluding hydrogens is 565 g/mol. The minimum absolute atomic E-state index is 0. The van der Waals surface area contributed by atoms with Crippen molar-refractivity contribution in [2.24, 2.45) is 5.73 Å². The molecule has 0 spiro atoms. The zero-order valence-electron chi connectivity index (χ0n) is 23.8. The van der Waals surface area contributed by atoms with Gasteiger partial charge < -0.3 is 26.2 Å². The normalized spacial score (nSPS) is 16.9. The van der Waals surface area contributed by atoms with Gasteiger partial charge in [0.1, 0.15) is 41.2 Å². The van der Waals surface area contributed by atoms with Gasteiger partial charge in [0.2, 0.25) is 5.91 Å². The number of nitrogens with two attached hydrogens (primary N) is 1. The van der Waals surface area contributed by atoms with Crippen LogP contribution in [0.15, 0.2) is 79.5 Å². The van der Waals surface area contributed by atoms with Crippen LogP contribution >= 0.6 is 0 Å². The Labute approximate surface area is 252 Å². The van der Waals surface area contributed by atoms with E-state index in [-0.39, 0.29) is 20.3 Å². The Kier molecular flexibility index (Phi) is 7.14.